The Bertz CT molecular complexity index is 1380. The third-order valence-corrected chi connectivity index (χ3v) is 5.66. The molecule has 4 aromatic rings. The number of hydrogen-bond donors (Lipinski definition) is 2. The number of methoxy groups -OCH3 is 1. The summed E-state index contributed by atoms with van der Waals surface area (Å²) in [5, 5.41) is 19.4. The zero-order valence-electron chi connectivity index (χ0n) is 19.8. The summed E-state index contributed by atoms with van der Waals surface area (Å²) in [5.41, 5.74) is 2.17. The lowest BCUT2D eigenvalue weighted by Crippen LogP contribution is -2.30. The number of benzene rings is 4. The van der Waals surface area contributed by atoms with Gasteiger partial charge in [-0.25, -0.2) is 4.79 Å². The Morgan fingerprint density at radius 3 is 2.22 bits per heavy atom. The number of rotatable bonds is 8. The second-order valence-electron chi connectivity index (χ2n) is 8.14. The molecule has 0 unspecified atom stereocenters. The van der Waals surface area contributed by atoms with Gasteiger partial charge in [-0.3, -0.25) is 4.79 Å². The van der Waals surface area contributed by atoms with Crippen molar-refractivity contribution in [1.29, 1.82) is 0 Å². The van der Waals surface area contributed by atoms with Gasteiger partial charge in [-0.1, -0.05) is 30.3 Å². The van der Waals surface area contributed by atoms with Gasteiger partial charge in [0.05, 0.1) is 13.7 Å². The van der Waals surface area contributed by atoms with Gasteiger partial charge >= 0.3 is 5.97 Å². The number of hydrogen-bond acceptors (Lipinski definition) is 5. The van der Waals surface area contributed by atoms with Crippen molar-refractivity contribution in [2.75, 3.05) is 12.0 Å². The number of ether oxygens (including phenoxy) is 2. The van der Waals surface area contributed by atoms with Crippen LogP contribution in [0.2, 0.25) is 0 Å². The molecule has 0 radical (unpaired) electrons. The van der Waals surface area contributed by atoms with Crippen molar-refractivity contribution in [2.45, 2.75) is 13.5 Å². The summed E-state index contributed by atoms with van der Waals surface area (Å²) < 4.78 is 11.2. The van der Waals surface area contributed by atoms with Crippen LogP contribution in [-0.2, 0) is 6.54 Å². The molecule has 4 rings (SSSR count). The van der Waals surface area contributed by atoms with E-state index in [-0.39, 0.29) is 23.8 Å². The molecule has 36 heavy (non-hydrogen) atoms. The lowest BCUT2D eigenvalue weighted by molar-refractivity contribution is 0.0693. The number of carboxylic acid groups (broad SMARTS) is 1. The zero-order chi connectivity index (χ0) is 25.7. The van der Waals surface area contributed by atoms with E-state index in [9.17, 15) is 19.8 Å². The highest BCUT2D eigenvalue weighted by atomic mass is 16.5. The maximum Gasteiger partial charge on any atom is 0.339 e. The van der Waals surface area contributed by atoms with E-state index in [0.29, 0.717) is 28.5 Å². The fourth-order valence-corrected chi connectivity index (χ4v) is 3.73. The summed E-state index contributed by atoms with van der Waals surface area (Å²) in [6.45, 7) is 2.07. The molecule has 1 amide bonds. The number of carbonyl (C=O) groups is 2. The fourth-order valence-electron chi connectivity index (χ4n) is 3.73. The van der Waals surface area contributed by atoms with Gasteiger partial charge in [0.2, 0.25) is 0 Å². The van der Waals surface area contributed by atoms with Crippen LogP contribution in [0.5, 0.6) is 23.0 Å². The average Bonchev–Trinajstić information content (AvgIpc) is 2.89. The van der Waals surface area contributed by atoms with Gasteiger partial charge in [0.15, 0.2) is 0 Å². The van der Waals surface area contributed by atoms with Crippen LogP contribution < -0.4 is 14.4 Å². The van der Waals surface area contributed by atoms with E-state index in [4.69, 9.17) is 9.47 Å². The number of nitrogens with zero attached hydrogens (tertiary/aromatic N) is 1. The normalized spacial score (nSPS) is 10.5. The molecular weight excluding hydrogens is 458 g/mol. The van der Waals surface area contributed by atoms with E-state index in [1.165, 1.54) is 23.1 Å². The molecule has 2 N–H and O–H groups in total. The summed E-state index contributed by atoms with van der Waals surface area (Å²) in [6, 6.07) is 25.7. The molecule has 4 aromatic carbocycles. The number of carboxylic acids is 1. The lowest BCUT2D eigenvalue weighted by Gasteiger charge is -2.24. The van der Waals surface area contributed by atoms with E-state index < -0.39 is 5.97 Å². The lowest BCUT2D eigenvalue weighted by atomic mass is 10.1. The smallest absolute Gasteiger partial charge is 0.339 e. The number of carbonyl (C=O) groups excluding carboxylic acids is 1. The average molecular weight is 484 g/mol. The van der Waals surface area contributed by atoms with Gasteiger partial charge in [-0.15, -0.1) is 0 Å². The topological polar surface area (TPSA) is 96.3 Å². The number of aromatic hydroxyl groups is 1. The van der Waals surface area contributed by atoms with Gasteiger partial charge in [0.25, 0.3) is 5.91 Å². The Hall–Kier alpha value is -4.78. The van der Waals surface area contributed by atoms with E-state index in [2.05, 4.69) is 0 Å². The van der Waals surface area contributed by atoms with Gasteiger partial charge in [-0.2, -0.15) is 0 Å². The van der Waals surface area contributed by atoms with Crippen LogP contribution >= 0.6 is 0 Å². The summed E-state index contributed by atoms with van der Waals surface area (Å²) in [6.07, 6.45) is 0. The SMILES string of the molecule is COc1cc(CN(C(=O)c2ccc(Oc3ccccc3)cc2)c2ccc(O)c(C(=O)O)c2)ccc1C. The number of phenols is 1. The highest BCUT2D eigenvalue weighted by Crippen LogP contribution is 2.29. The zero-order valence-corrected chi connectivity index (χ0v) is 19.8. The van der Waals surface area contributed by atoms with Crippen molar-refractivity contribution in [3.05, 3.63) is 113 Å². The number of aromatic carboxylic acids is 1. The highest BCUT2D eigenvalue weighted by molar-refractivity contribution is 6.06. The first-order valence-corrected chi connectivity index (χ1v) is 11.2. The van der Waals surface area contributed by atoms with E-state index in [1.807, 2.05) is 55.5 Å². The van der Waals surface area contributed by atoms with Crippen molar-refractivity contribution in [2.24, 2.45) is 0 Å². The molecule has 0 aromatic heterocycles. The van der Waals surface area contributed by atoms with Gasteiger partial charge < -0.3 is 24.6 Å². The summed E-state index contributed by atoms with van der Waals surface area (Å²) >= 11 is 0. The fraction of sp³-hybridized carbons (Fsp3) is 0.103. The Kier molecular flexibility index (Phi) is 7.20. The summed E-state index contributed by atoms with van der Waals surface area (Å²) in [7, 11) is 1.58. The van der Waals surface area contributed by atoms with Crippen molar-refractivity contribution < 1.29 is 29.3 Å². The Labute approximate surface area is 208 Å². The highest BCUT2D eigenvalue weighted by Gasteiger charge is 2.21. The molecule has 0 aliphatic heterocycles. The Morgan fingerprint density at radius 2 is 1.56 bits per heavy atom. The molecule has 0 aliphatic rings. The van der Waals surface area contributed by atoms with Crippen LogP contribution in [0.15, 0.2) is 91.0 Å². The van der Waals surface area contributed by atoms with Crippen LogP contribution in [-0.4, -0.2) is 29.2 Å². The molecular formula is C29H25NO6. The second-order valence-corrected chi connectivity index (χ2v) is 8.14. The van der Waals surface area contributed by atoms with E-state index in [0.717, 1.165) is 11.1 Å². The van der Waals surface area contributed by atoms with Crippen molar-refractivity contribution in [3.63, 3.8) is 0 Å². The molecule has 0 spiro atoms. The Morgan fingerprint density at radius 1 is 0.861 bits per heavy atom. The maximum atomic E-state index is 13.7. The predicted molar refractivity (Wildman–Crippen MR) is 136 cm³/mol. The molecule has 7 nitrogen and oxygen atoms in total. The third kappa shape index (κ3) is 5.47. The quantitative estimate of drug-likeness (QED) is 0.317. The molecule has 0 atom stereocenters. The maximum absolute atomic E-state index is 13.7. The molecule has 0 fully saturated rings. The molecule has 0 saturated carbocycles. The molecule has 0 heterocycles. The predicted octanol–water partition coefficient (Wildman–Crippen LogP) is 6.05. The largest absolute Gasteiger partial charge is 0.507 e. The molecule has 0 bridgehead atoms. The monoisotopic (exact) mass is 483 g/mol. The van der Waals surface area contributed by atoms with Crippen molar-refractivity contribution >= 4 is 17.6 Å². The van der Waals surface area contributed by atoms with Crippen LogP contribution in [0.25, 0.3) is 0 Å². The number of anilines is 1. The minimum absolute atomic E-state index is 0.154. The first kappa shape index (κ1) is 24.3. The first-order valence-electron chi connectivity index (χ1n) is 11.2. The van der Waals surface area contributed by atoms with Crippen molar-refractivity contribution in [1.82, 2.24) is 0 Å². The molecule has 182 valence electrons. The second kappa shape index (κ2) is 10.7. The van der Waals surface area contributed by atoms with E-state index >= 15 is 0 Å². The number of amides is 1. The van der Waals surface area contributed by atoms with Crippen LogP contribution in [0.3, 0.4) is 0 Å². The number of aryl methyl sites for hydroxylation is 1. The summed E-state index contributed by atoms with van der Waals surface area (Å²) in [5.74, 6) is -0.0801. The van der Waals surface area contributed by atoms with Crippen molar-refractivity contribution in [3.8, 4) is 23.0 Å². The van der Waals surface area contributed by atoms with Gasteiger partial charge in [-0.05, 0) is 78.7 Å². The minimum Gasteiger partial charge on any atom is -0.507 e. The number of para-hydroxylation sites is 1. The third-order valence-electron chi connectivity index (χ3n) is 5.66. The van der Waals surface area contributed by atoms with Gasteiger partial charge in [0.1, 0.15) is 28.6 Å². The van der Waals surface area contributed by atoms with E-state index in [1.54, 1.807) is 31.4 Å². The van der Waals surface area contributed by atoms with Crippen LogP contribution in [0, 0.1) is 6.92 Å². The van der Waals surface area contributed by atoms with Crippen LogP contribution in [0.4, 0.5) is 5.69 Å². The minimum atomic E-state index is -1.29. The van der Waals surface area contributed by atoms with Gasteiger partial charge in [0, 0.05) is 11.3 Å². The Balaban J connectivity index is 1.68. The summed E-state index contributed by atoms with van der Waals surface area (Å²) in [4.78, 5) is 26.7. The molecule has 7 heteroatoms. The standard InChI is InChI=1S/C29H25NO6/c1-19-8-9-20(16-27(19)35-2)18-30(22-12-15-26(31)25(17-22)29(33)34)28(32)21-10-13-24(14-11-21)36-23-6-4-3-5-7-23/h3-17,31H,18H2,1-2H3,(H,33,34). The first-order chi connectivity index (χ1) is 17.4. The molecule has 0 aliphatic carbocycles. The van der Waals surface area contributed by atoms with Crippen LogP contribution in [0.1, 0.15) is 31.8 Å². The molecule has 0 saturated heterocycles.